The molecule has 0 aliphatic rings. The van der Waals surface area contributed by atoms with E-state index in [1.165, 1.54) is 5.56 Å². The minimum Gasteiger partial charge on any atom is -0.508 e. The monoisotopic (exact) mass is 271 g/mol. The Hall–Kier alpha value is -2.36. The van der Waals surface area contributed by atoms with E-state index in [-0.39, 0.29) is 11.7 Å². The van der Waals surface area contributed by atoms with Gasteiger partial charge in [-0.05, 0) is 43.2 Å². The second kappa shape index (κ2) is 6.19. The highest BCUT2D eigenvalue weighted by Gasteiger charge is 2.08. The summed E-state index contributed by atoms with van der Waals surface area (Å²) in [5.74, 6) is 0.169. The van der Waals surface area contributed by atoms with Crippen LogP contribution in [0.15, 0.2) is 42.7 Å². The number of nitrogens with zero attached hydrogens (tertiary/aromatic N) is 1. The molecule has 0 spiro atoms. The van der Waals surface area contributed by atoms with Crippen LogP contribution in [-0.2, 0) is 11.3 Å². The van der Waals surface area contributed by atoms with Crippen molar-refractivity contribution < 1.29 is 14.5 Å². The Labute approximate surface area is 118 Å². The Morgan fingerprint density at radius 3 is 2.55 bits per heavy atom. The van der Waals surface area contributed by atoms with Crippen LogP contribution in [0.25, 0.3) is 0 Å². The number of rotatable bonds is 4. The van der Waals surface area contributed by atoms with E-state index in [1.54, 1.807) is 18.2 Å². The van der Waals surface area contributed by atoms with Gasteiger partial charge < -0.3 is 10.4 Å². The van der Waals surface area contributed by atoms with Crippen molar-refractivity contribution in [2.24, 2.45) is 0 Å². The molecule has 0 fully saturated rings. The summed E-state index contributed by atoms with van der Waals surface area (Å²) in [6.07, 6.45) is 4.34. The third-order valence-corrected chi connectivity index (χ3v) is 3.14. The van der Waals surface area contributed by atoms with Gasteiger partial charge in [0.15, 0.2) is 18.9 Å². The van der Waals surface area contributed by atoms with Crippen LogP contribution in [0.4, 0.5) is 5.69 Å². The van der Waals surface area contributed by atoms with Crippen LogP contribution in [0.3, 0.4) is 0 Å². The molecule has 1 amide bonds. The van der Waals surface area contributed by atoms with Gasteiger partial charge in [-0.25, -0.2) is 4.57 Å². The second-order valence-corrected chi connectivity index (χ2v) is 4.91. The summed E-state index contributed by atoms with van der Waals surface area (Å²) in [6.45, 7) is 4.53. The number of carbonyl (C=O) groups excluding carboxylic acids is 1. The van der Waals surface area contributed by atoms with Crippen molar-refractivity contribution in [2.75, 3.05) is 5.32 Å². The molecule has 1 heterocycles. The number of pyridine rings is 1. The third kappa shape index (κ3) is 3.82. The van der Waals surface area contributed by atoms with Crippen LogP contribution in [-0.4, -0.2) is 11.0 Å². The third-order valence-electron chi connectivity index (χ3n) is 3.14. The lowest BCUT2D eigenvalue weighted by atomic mass is 10.2. The number of phenolic OH excluding ortho intramolecular Hbond substituents is 1. The summed E-state index contributed by atoms with van der Waals surface area (Å²) in [7, 11) is 0. The molecule has 4 heteroatoms. The van der Waals surface area contributed by atoms with Gasteiger partial charge in [0.2, 0.25) is 5.91 Å². The Bertz CT molecular complexity index is 606. The lowest BCUT2D eigenvalue weighted by Gasteiger charge is -2.07. The summed E-state index contributed by atoms with van der Waals surface area (Å²) >= 11 is 0. The number of phenols is 1. The molecule has 0 saturated carbocycles. The summed E-state index contributed by atoms with van der Waals surface area (Å²) in [5, 5.41) is 12.2. The molecule has 2 aromatic rings. The first-order chi connectivity index (χ1) is 9.54. The number of hydrogen-bond acceptors (Lipinski definition) is 2. The first kappa shape index (κ1) is 14.1. The zero-order chi connectivity index (χ0) is 14.5. The van der Waals surface area contributed by atoms with Crippen molar-refractivity contribution in [1.82, 2.24) is 0 Å². The highest BCUT2D eigenvalue weighted by Crippen LogP contribution is 2.20. The van der Waals surface area contributed by atoms with Crippen molar-refractivity contribution in [2.45, 2.75) is 26.8 Å². The molecule has 1 aromatic carbocycles. The van der Waals surface area contributed by atoms with E-state index in [0.717, 1.165) is 11.3 Å². The Balaban J connectivity index is 1.90. The van der Waals surface area contributed by atoms with E-state index in [2.05, 4.69) is 5.32 Å². The zero-order valence-corrected chi connectivity index (χ0v) is 11.8. The van der Waals surface area contributed by atoms with Crippen LogP contribution >= 0.6 is 0 Å². The van der Waals surface area contributed by atoms with Gasteiger partial charge in [0.1, 0.15) is 5.75 Å². The maximum atomic E-state index is 11.9. The minimum atomic E-state index is -0.0353. The predicted molar refractivity (Wildman–Crippen MR) is 77.5 cm³/mol. The van der Waals surface area contributed by atoms with Gasteiger partial charge in [-0.3, -0.25) is 4.79 Å². The molecule has 104 valence electrons. The van der Waals surface area contributed by atoms with Gasteiger partial charge in [-0.2, -0.15) is 0 Å². The van der Waals surface area contributed by atoms with Gasteiger partial charge >= 0.3 is 0 Å². The molecular formula is C16H19N2O2+. The van der Waals surface area contributed by atoms with E-state index in [4.69, 9.17) is 0 Å². The number of aryl methyl sites for hydroxylation is 3. The highest BCUT2D eigenvalue weighted by molar-refractivity contribution is 5.91. The zero-order valence-electron chi connectivity index (χ0n) is 11.8. The van der Waals surface area contributed by atoms with Crippen LogP contribution in [0.5, 0.6) is 5.75 Å². The average molecular weight is 271 g/mol. The van der Waals surface area contributed by atoms with E-state index in [0.29, 0.717) is 13.0 Å². The van der Waals surface area contributed by atoms with Gasteiger partial charge in [-0.1, -0.05) is 0 Å². The first-order valence-corrected chi connectivity index (χ1v) is 6.60. The number of anilines is 1. The molecule has 0 aliphatic carbocycles. The first-order valence-electron chi connectivity index (χ1n) is 6.60. The molecular weight excluding hydrogens is 252 g/mol. The number of nitrogens with one attached hydrogen (secondary N) is 1. The molecule has 2 rings (SSSR count). The fraction of sp³-hybridized carbons (Fsp3) is 0.250. The average Bonchev–Trinajstić information content (AvgIpc) is 2.41. The quantitative estimate of drug-likeness (QED) is 0.662. The Morgan fingerprint density at radius 2 is 1.90 bits per heavy atom. The number of aromatic nitrogens is 1. The van der Waals surface area contributed by atoms with Crippen LogP contribution in [0.2, 0.25) is 0 Å². The minimum absolute atomic E-state index is 0.0353. The molecule has 2 N–H and O–H groups in total. The molecule has 0 radical (unpaired) electrons. The van der Waals surface area contributed by atoms with Gasteiger partial charge in [0.25, 0.3) is 0 Å². The van der Waals surface area contributed by atoms with Gasteiger partial charge in [-0.15, -0.1) is 0 Å². The van der Waals surface area contributed by atoms with Crippen molar-refractivity contribution >= 4 is 11.6 Å². The van der Waals surface area contributed by atoms with Crippen molar-refractivity contribution in [3.05, 3.63) is 53.9 Å². The van der Waals surface area contributed by atoms with Crippen molar-refractivity contribution in [1.29, 1.82) is 0 Å². The van der Waals surface area contributed by atoms with Gasteiger partial charge in [0.05, 0.1) is 6.42 Å². The molecule has 0 unspecified atom stereocenters. The lowest BCUT2D eigenvalue weighted by Crippen LogP contribution is -2.34. The largest absolute Gasteiger partial charge is 0.508 e. The number of aromatic hydroxyl groups is 1. The van der Waals surface area contributed by atoms with E-state index in [9.17, 15) is 9.90 Å². The predicted octanol–water partition coefficient (Wildman–Crippen LogP) is 2.33. The van der Waals surface area contributed by atoms with Crippen LogP contribution in [0, 0.1) is 13.8 Å². The molecule has 0 saturated heterocycles. The molecule has 1 aromatic heterocycles. The molecule has 0 atom stereocenters. The van der Waals surface area contributed by atoms with Crippen LogP contribution < -0.4 is 9.88 Å². The van der Waals surface area contributed by atoms with Gasteiger partial charge in [0, 0.05) is 17.8 Å². The van der Waals surface area contributed by atoms with E-state index >= 15 is 0 Å². The maximum absolute atomic E-state index is 11.9. The normalized spacial score (nSPS) is 10.3. The summed E-state index contributed by atoms with van der Waals surface area (Å²) in [4.78, 5) is 11.9. The van der Waals surface area contributed by atoms with Crippen molar-refractivity contribution in [3.63, 3.8) is 0 Å². The summed E-state index contributed by atoms with van der Waals surface area (Å²) in [6, 6.07) is 8.94. The molecule has 4 nitrogen and oxygen atoms in total. The second-order valence-electron chi connectivity index (χ2n) is 4.91. The van der Waals surface area contributed by atoms with Crippen molar-refractivity contribution in [3.8, 4) is 5.75 Å². The fourth-order valence-electron chi connectivity index (χ4n) is 1.91. The Kier molecular flexibility index (Phi) is 4.35. The smallest absolute Gasteiger partial charge is 0.230 e. The maximum Gasteiger partial charge on any atom is 0.230 e. The standard InChI is InChI=1S/C16H18N2O2/c1-12-5-8-18(9-6-12)10-7-16(20)17-15-4-3-14(19)11-13(15)2/h3-6,8-9,11H,7,10H2,1-2H3,(H-,17,19,20)/p+1. The van der Waals surface area contributed by atoms with E-state index < -0.39 is 0 Å². The Morgan fingerprint density at radius 1 is 1.20 bits per heavy atom. The highest BCUT2D eigenvalue weighted by atomic mass is 16.3. The molecule has 0 bridgehead atoms. The number of benzene rings is 1. The topological polar surface area (TPSA) is 53.2 Å². The number of hydrogen-bond donors (Lipinski definition) is 2. The van der Waals surface area contributed by atoms with Crippen LogP contribution in [0.1, 0.15) is 17.5 Å². The summed E-state index contributed by atoms with van der Waals surface area (Å²) < 4.78 is 1.98. The lowest BCUT2D eigenvalue weighted by molar-refractivity contribution is -0.695. The molecule has 20 heavy (non-hydrogen) atoms. The number of amides is 1. The number of carbonyl (C=O) groups is 1. The fourth-order valence-corrected chi connectivity index (χ4v) is 1.91. The summed E-state index contributed by atoms with van der Waals surface area (Å²) in [5.41, 5.74) is 2.79. The van der Waals surface area contributed by atoms with E-state index in [1.807, 2.05) is 42.9 Å². The molecule has 0 aliphatic heterocycles. The SMILES string of the molecule is Cc1cc[n+](CCC(=O)Nc2ccc(O)cc2C)cc1.